The van der Waals surface area contributed by atoms with Gasteiger partial charge in [0.15, 0.2) is 11.9 Å². The number of nitrogens with one attached hydrogen (secondary N) is 1. The molecule has 0 amide bonds. The number of para-hydroxylation sites is 2. The van der Waals surface area contributed by atoms with Crippen LogP contribution in [0.2, 0.25) is 0 Å². The standard InChI is InChI=1S/C10H12N2O/c1-10(7-13)11-8-5-3-4-6-9(8)12(10)2/h3-7,11H,1-2H3. The molecule has 1 aliphatic heterocycles. The molecule has 0 saturated heterocycles. The number of carbonyl (C=O) groups excluding carboxylic acids is 1. The first-order valence-electron chi connectivity index (χ1n) is 4.25. The summed E-state index contributed by atoms with van der Waals surface area (Å²) < 4.78 is 0. The van der Waals surface area contributed by atoms with Crippen molar-refractivity contribution >= 4 is 17.7 Å². The van der Waals surface area contributed by atoms with Crippen molar-refractivity contribution < 1.29 is 4.79 Å². The highest BCUT2D eigenvalue weighted by molar-refractivity contribution is 5.87. The number of hydrogen-bond donors (Lipinski definition) is 1. The second kappa shape index (κ2) is 2.49. The van der Waals surface area contributed by atoms with E-state index in [1.807, 2.05) is 43.1 Å². The molecule has 68 valence electrons. The summed E-state index contributed by atoms with van der Waals surface area (Å²) in [5, 5.41) is 3.17. The van der Waals surface area contributed by atoms with Crippen LogP contribution in [0, 0.1) is 0 Å². The zero-order valence-corrected chi connectivity index (χ0v) is 7.74. The van der Waals surface area contributed by atoms with Crippen molar-refractivity contribution in [3.63, 3.8) is 0 Å². The number of carbonyl (C=O) groups is 1. The second-order valence-electron chi connectivity index (χ2n) is 3.47. The number of benzene rings is 1. The van der Waals surface area contributed by atoms with Gasteiger partial charge in [-0.15, -0.1) is 0 Å². The largest absolute Gasteiger partial charge is 0.355 e. The zero-order chi connectivity index (χ0) is 9.47. The Balaban J connectivity index is 2.49. The van der Waals surface area contributed by atoms with Gasteiger partial charge >= 0.3 is 0 Å². The highest BCUT2D eigenvalue weighted by Gasteiger charge is 2.36. The van der Waals surface area contributed by atoms with Gasteiger partial charge in [0.05, 0.1) is 11.4 Å². The van der Waals surface area contributed by atoms with Gasteiger partial charge in [-0.2, -0.15) is 0 Å². The molecule has 13 heavy (non-hydrogen) atoms. The molecule has 1 unspecified atom stereocenters. The summed E-state index contributed by atoms with van der Waals surface area (Å²) in [6.07, 6.45) is 0.924. The molecular weight excluding hydrogens is 164 g/mol. The van der Waals surface area contributed by atoms with Crippen LogP contribution in [0.15, 0.2) is 24.3 Å². The number of fused-ring (bicyclic) bond motifs is 1. The van der Waals surface area contributed by atoms with E-state index in [4.69, 9.17) is 0 Å². The minimum atomic E-state index is -0.594. The monoisotopic (exact) mass is 176 g/mol. The van der Waals surface area contributed by atoms with Gasteiger partial charge in [0.25, 0.3) is 0 Å². The lowest BCUT2D eigenvalue weighted by molar-refractivity contribution is -0.110. The van der Waals surface area contributed by atoms with Crippen molar-refractivity contribution in [1.29, 1.82) is 0 Å². The minimum Gasteiger partial charge on any atom is -0.355 e. The van der Waals surface area contributed by atoms with Crippen molar-refractivity contribution in [2.24, 2.45) is 0 Å². The third-order valence-electron chi connectivity index (χ3n) is 2.58. The molecule has 1 N–H and O–H groups in total. The average Bonchev–Trinajstić information content (AvgIpc) is 2.41. The SMILES string of the molecule is CN1c2ccccc2NC1(C)C=O. The maximum Gasteiger partial charge on any atom is 0.165 e. The van der Waals surface area contributed by atoms with Crippen LogP contribution in [0.5, 0.6) is 0 Å². The molecule has 0 bridgehead atoms. The Morgan fingerprint density at radius 3 is 2.77 bits per heavy atom. The summed E-state index contributed by atoms with van der Waals surface area (Å²) in [7, 11) is 1.91. The Morgan fingerprint density at radius 2 is 2.15 bits per heavy atom. The molecule has 1 aliphatic rings. The Hall–Kier alpha value is -1.51. The molecule has 3 heteroatoms. The van der Waals surface area contributed by atoms with Crippen LogP contribution in [0.25, 0.3) is 0 Å². The van der Waals surface area contributed by atoms with Crippen molar-refractivity contribution in [3.05, 3.63) is 24.3 Å². The van der Waals surface area contributed by atoms with Gasteiger partial charge in [0.2, 0.25) is 0 Å². The van der Waals surface area contributed by atoms with E-state index in [-0.39, 0.29) is 0 Å². The Bertz CT molecular complexity index is 351. The number of rotatable bonds is 1. The fourth-order valence-corrected chi connectivity index (χ4v) is 1.59. The fraction of sp³-hybridized carbons (Fsp3) is 0.300. The van der Waals surface area contributed by atoms with Gasteiger partial charge in [-0.25, -0.2) is 0 Å². The number of nitrogens with zero attached hydrogens (tertiary/aromatic N) is 1. The highest BCUT2D eigenvalue weighted by atomic mass is 16.1. The van der Waals surface area contributed by atoms with E-state index in [0.717, 1.165) is 17.7 Å². The Kier molecular flexibility index (Phi) is 1.55. The van der Waals surface area contributed by atoms with Crippen LogP contribution < -0.4 is 10.2 Å². The lowest BCUT2D eigenvalue weighted by atomic mass is 10.2. The predicted octanol–water partition coefficient (Wildman–Crippen LogP) is 1.46. The maximum atomic E-state index is 10.9. The summed E-state index contributed by atoms with van der Waals surface area (Å²) in [5.74, 6) is 0. The van der Waals surface area contributed by atoms with Gasteiger partial charge in [0, 0.05) is 7.05 Å². The van der Waals surface area contributed by atoms with Gasteiger partial charge in [-0.1, -0.05) is 12.1 Å². The van der Waals surface area contributed by atoms with Crippen LogP contribution in [0.1, 0.15) is 6.92 Å². The zero-order valence-electron chi connectivity index (χ0n) is 7.74. The van der Waals surface area contributed by atoms with Crippen LogP contribution >= 0.6 is 0 Å². The summed E-state index contributed by atoms with van der Waals surface area (Å²) in [5.41, 5.74) is 1.49. The molecule has 0 saturated carbocycles. The molecule has 3 nitrogen and oxygen atoms in total. The lowest BCUT2D eigenvalue weighted by Gasteiger charge is -2.27. The smallest absolute Gasteiger partial charge is 0.165 e. The van der Waals surface area contributed by atoms with Gasteiger partial charge in [-0.3, -0.25) is 4.79 Å². The topological polar surface area (TPSA) is 32.3 Å². The predicted molar refractivity (Wildman–Crippen MR) is 52.9 cm³/mol. The van der Waals surface area contributed by atoms with Crippen LogP contribution in [-0.4, -0.2) is 19.0 Å². The van der Waals surface area contributed by atoms with Crippen molar-refractivity contribution in [2.75, 3.05) is 17.3 Å². The van der Waals surface area contributed by atoms with Crippen LogP contribution in [0.4, 0.5) is 11.4 Å². The van der Waals surface area contributed by atoms with Crippen molar-refractivity contribution in [2.45, 2.75) is 12.6 Å². The number of anilines is 2. The number of likely N-dealkylation sites (N-methyl/N-ethyl adjacent to an activating group) is 1. The Morgan fingerprint density at radius 1 is 1.46 bits per heavy atom. The highest BCUT2D eigenvalue weighted by Crippen LogP contribution is 2.36. The van der Waals surface area contributed by atoms with Crippen LogP contribution in [0.3, 0.4) is 0 Å². The third kappa shape index (κ3) is 1.00. The average molecular weight is 176 g/mol. The van der Waals surface area contributed by atoms with Gasteiger partial charge in [0.1, 0.15) is 0 Å². The molecule has 0 radical (unpaired) electrons. The summed E-state index contributed by atoms with van der Waals surface area (Å²) in [6.45, 7) is 1.86. The lowest BCUT2D eigenvalue weighted by Crippen LogP contribution is -2.47. The van der Waals surface area contributed by atoms with E-state index in [2.05, 4.69) is 5.32 Å². The molecular formula is C10H12N2O. The van der Waals surface area contributed by atoms with Crippen molar-refractivity contribution in [1.82, 2.24) is 0 Å². The van der Waals surface area contributed by atoms with E-state index >= 15 is 0 Å². The van der Waals surface area contributed by atoms with E-state index < -0.39 is 5.66 Å². The Labute approximate surface area is 77.4 Å². The van der Waals surface area contributed by atoms with Gasteiger partial charge in [-0.05, 0) is 19.1 Å². The molecule has 0 spiro atoms. The molecule has 1 atom stereocenters. The minimum absolute atomic E-state index is 0.594. The van der Waals surface area contributed by atoms with Gasteiger partial charge < -0.3 is 10.2 Å². The molecule has 2 rings (SSSR count). The number of aldehydes is 1. The molecule has 0 fully saturated rings. The second-order valence-corrected chi connectivity index (χ2v) is 3.47. The van der Waals surface area contributed by atoms with E-state index in [1.54, 1.807) is 0 Å². The molecule has 1 aromatic rings. The maximum absolute atomic E-state index is 10.9. The molecule has 0 aliphatic carbocycles. The van der Waals surface area contributed by atoms with E-state index in [1.165, 1.54) is 0 Å². The van der Waals surface area contributed by atoms with Crippen LogP contribution in [-0.2, 0) is 4.79 Å². The fourth-order valence-electron chi connectivity index (χ4n) is 1.59. The first-order valence-corrected chi connectivity index (χ1v) is 4.25. The molecule has 1 heterocycles. The first-order chi connectivity index (χ1) is 6.17. The third-order valence-corrected chi connectivity index (χ3v) is 2.58. The van der Waals surface area contributed by atoms with E-state index in [0.29, 0.717) is 0 Å². The van der Waals surface area contributed by atoms with Crippen molar-refractivity contribution in [3.8, 4) is 0 Å². The molecule has 0 aromatic heterocycles. The normalized spacial score (nSPS) is 25.2. The summed E-state index contributed by atoms with van der Waals surface area (Å²) >= 11 is 0. The molecule has 1 aromatic carbocycles. The van der Waals surface area contributed by atoms with E-state index in [9.17, 15) is 4.79 Å². The summed E-state index contributed by atoms with van der Waals surface area (Å²) in [6, 6.07) is 7.89. The summed E-state index contributed by atoms with van der Waals surface area (Å²) in [4.78, 5) is 12.8. The first kappa shape index (κ1) is 8.10. The number of hydrogen-bond acceptors (Lipinski definition) is 3. The quantitative estimate of drug-likeness (QED) is 0.657.